The zero-order valence-corrected chi connectivity index (χ0v) is 16.5. The van der Waals surface area contributed by atoms with Crippen LogP contribution < -0.4 is 11.0 Å². The fourth-order valence-electron chi connectivity index (χ4n) is 3.61. The number of para-hydroxylation sites is 1. The average molecular weight is 389 g/mol. The number of pyridine rings is 1. The molecule has 0 spiro atoms. The topological polar surface area (TPSA) is 73.3 Å². The lowest BCUT2D eigenvalue weighted by molar-refractivity contribution is 0.0952. The highest BCUT2D eigenvalue weighted by molar-refractivity contribution is 5.95. The monoisotopic (exact) mass is 389 g/mol. The smallest absolute Gasteiger partial charge is 0.350 e. The number of benzene rings is 1. The molecule has 3 aromatic heterocycles. The number of carbonyl (C=O) groups excluding carboxylic acids is 1. The van der Waals surface area contributed by atoms with Crippen molar-refractivity contribution in [1.29, 1.82) is 0 Å². The van der Waals surface area contributed by atoms with Crippen molar-refractivity contribution in [2.24, 2.45) is 0 Å². The van der Waals surface area contributed by atoms with Gasteiger partial charge in [-0.25, -0.2) is 9.48 Å². The molecular formula is C22H23N5O2. The second-order valence-electron chi connectivity index (χ2n) is 7.00. The zero-order chi connectivity index (χ0) is 20.4. The predicted molar refractivity (Wildman–Crippen MR) is 112 cm³/mol. The molecule has 3 heterocycles. The number of nitrogens with zero attached hydrogens (tertiary/aromatic N) is 4. The van der Waals surface area contributed by atoms with Gasteiger partial charge >= 0.3 is 5.69 Å². The summed E-state index contributed by atoms with van der Waals surface area (Å²) in [6.45, 7) is 4.86. The number of nitrogens with one attached hydrogen (secondary N) is 1. The van der Waals surface area contributed by atoms with Crippen LogP contribution in [0.1, 0.15) is 28.2 Å². The zero-order valence-electron chi connectivity index (χ0n) is 16.5. The second-order valence-corrected chi connectivity index (χ2v) is 7.00. The minimum Gasteiger partial charge on any atom is -0.352 e. The molecule has 1 aromatic carbocycles. The second kappa shape index (κ2) is 7.79. The van der Waals surface area contributed by atoms with Gasteiger partial charge in [-0.05, 0) is 50.6 Å². The van der Waals surface area contributed by atoms with E-state index in [1.165, 1.54) is 9.08 Å². The Balaban J connectivity index is 1.40. The van der Waals surface area contributed by atoms with Gasteiger partial charge in [0.25, 0.3) is 5.91 Å². The van der Waals surface area contributed by atoms with E-state index in [0.29, 0.717) is 30.7 Å². The van der Waals surface area contributed by atoms with E-state index in [1.54, 1.807) is 18.3 Å². The van der Waals surface area contributed by atoms with Crippen LogP contribution in [0.4, 0.5) is 0 Å². The Morgan fingerprint density at radius 3 is 2.59 bits per heavy atom. The Morgan fingerprint density at radius 1 is 1.07 bits per heavy atom. The van der Waals surface area contributed by atoms with Crippen LogP contribution in [0.5, 0.6) is 0 Å². The molecule has 148 valence electrons. The quantitative estimate of drug-likeness (QED) is 0.516. The number of rotatable bonds is 6. The first-order valence-electron chi connectivity index (χ1n) is 9.63. The van der Waals surface area contributed by atoms with E-state index in [0.717, 1.165) is 17.1 Å². The van der Waals surface area contributed by atoms with Crippen LogP contribution in [0.25, 0.3) is 11.3 Å². The van der Waals surface area contributed by atoms with Gasteiger partial charge in [-0.15, -0.1) is 5.10 Å². The molecule has 29 heavy (non-hydrogen) atoms. The highest BCUT2D eigenvalue weighted by Gasteiger charge is 2.16. The van der Waals surface area contributed by atoms with Crippen molar-refractivity contribution >= 4 is 11.6 Å². The van der Waals surface area contributed by atoms with Gasteiger partial charge in [-0.1, -0.05) is 24.3 Å². The van der Waals surface area contributed by atoms with Gasteiger partial charge in [0.2, 0.25) is 0 Å². The molecule has 1 amide bonds. The molecule has 0 aliphatic heterocycles. The molecule has 4 rings (SSSR count). The lowest BCUT2D eigenvalue weighted by atomic mass is 10.2. The summed E-state index contributed by atoms with van der Waals surface area (Å²) in [7, 11) is 0. The maximum Gasteiger partial charge on any atom is 0.350 e. The number of hydrogen-bond donors (Lipinski definition) is 1. The van der Waals surface area contributed by atoms with Crippen molar-refractivity contribution in [2.75, 3.05) is 6.54 Å². The van der Waals surface area contributed by atoms with Crippen LogP contribution in [0.3, 0.4) is 0 Å². The van der Waals surface area contributed by atoms with Crippen LogP contribution >= 0.6 is 0 Å². The maximum absolute atomic E-state index is 12.7. The molecule has 0 saturated carbocycles. The summed E-state index contributed by atoms with van der Waals surface area (Å²) in [5.41, 5.74) is 4.06. The molecule has 0 atom stereocenters. The average Bonchev–Trinajstić information content (AvgIpc) is 3.22. The Morgan fingerprint density at radius 2 is 1.83 bits per heavy atom. The van der Waals surface area contributed by atoms with Gasteiger partial charge in [-0.2, -0.15) is 0 Å². The van der Waals surface area contributed by atoms with Crippen molar-refractivity contribution in [1.82, 2.24) is 24.1 Å². The van der Waals surface area contributed by atoms with Gasteiger partial charge in [-0.3, -0.25) is 9.20 Å². The number of aromatic nitrogens is 4. The highest BCUT2D eigenvalue weighted by atomic mass is 16.2. The van der Waals surface area contributed by atoms with Crippen molar-refractivity contribution in [3.63, 3.8) is 0 Å². The van der Waals surface area contributed by atoms with E-state index in [1.807, 2.05) is 56.3 Å². The van der Waals surface area contributed by atoms with Crippen molar-refractivity contribution in [2.45, 2.75) is 26.8 Å². The number of hydrogen-bond acceptors (Lipinski definition) is 3. The molecule has 0 bridgehead atoms. The summed E-state index contributed by atoms with van der Waals surface area (Å²) in [6.07, 6.45) is 2.32. The van der Waals surface area contributed by atoms with Crippen LogP contribution in [0.15, 0.2) is 65.6 Å². The third kappa shape index (κ3) is 3.59. The van der Waals surface area contributed by atoms with E-state index in [2.05, 4.69) is 15.0 Å². The molecule has 7 nitrogen and oxygen atoms in total. The summed E-state index contributed by atoms with van der Waals surface area (Å²) in [5.74, 6) is -0.109. The largest absolute Gasteiger partial charge is 0.352 e. The van der Waals surface area contributed by atoms with E-state index in [-0.39, 0.29) is 11.6 Å². The summed E-state index contributed by atoms with van der Waals surface area (Å²) in [5, 5.41) is 7.25. The van der Waals surface area contributed by atoms with Crippen LogP contribution in [-0.4, -0.2) is 31.2 Å². The number of aryl methyl sites for hydroxylation is 2. The van der Waals surface area contributed by atoms with Gasteiger partial charge in [0.05, 0.1) is 5.56 Å². The fraction of sp³-hybridized carbons (Fsp3) is 0.227. The summed E-state index contributed by atoms with van der Waals surface area (Å²) < 4.78 is 5.02. The first-order chi connectivity index (χ1) is 14.1. The molecular weight excluding hydrogens is 366 g/mol. The first kappa shape index (κ1) is 18.7. The number of fused-ring (bicyclic) bond motifs is 1. The molecule has 0 aliphatic carbocycles. The van der Waals surface area contributed by atoms with Gasteiger partial charge in [0.15, 0.2) is 5.65 Å². The van der Waals surface area contributed by atoms with Crippen LogP contribution in [-0.2, 0) is 6.54 Å². The molecule has 0 radical (unpaired) electrons. The SMILES string of the molecule is Cc1cc(C(=O)NCCCn2nc3ccccn3c2=O)c(C)n1-c1ccccc1. The van der Waals surface area contributed by atoms with Gasteiger partial charge < -0.3 is 9.88 Å². The third-order valence-corrected chi connectivity index (χ3v) is 5.01. The molecule has 4 aromatic rings. The lowest BCUT2D eigenvalue weighted by Gasteiger charge is -2.10. The maximum atomic E-state index is 12.7. The summed E-state index contributed by atoms with van der Waals surface area (Å²) in [6, 6.07) is 17.3. The van der Waals surface area contributed by atoms with E-state index in [4.69, 9.17) is 0 Å². The van der Waals surface area contributed by atoms with E-state index in [9.17, 15) is 9.59 Å². The Hall–Kier alpha value is -3.61. The first-order valence-corrected chi connectivity index (χ1v) is 9.63. The van der Waals surface area contributed by atoms with Crippen LogP contribution in [0, 0.1) is 13.8 Å². The number of carbonyl (C=O) groups is 1. The fourth-order valence-corrected chi connectivity index (χ4v) is 3.61. The molecule has 0 unspecified atom stereocenters. The normalized spacial score (nSPS) is 11.1. The molecule has 0 fully saturated rings. The molecule has 0 aliphatic rings. The minimum absolute atomic E-state index is 0.109. The lowest BCUT2D eigenvalue weighted by Crippen LogP contribution is -2.27. The molecule has 0 saturated heterocycles. The third-order valence-electron chi connectivity index (χ3n) is 5.01. The predicted octanol–water partition coefficient (Wildman–Crippen LogP) is 2.72. The van der Waals surface area contributed by atoms with Crippen molar-refractivity contribution < 1.29 is 4.79 Å². The van der Waals surface area contributed by atoms with E-state index >= 15 is 0 Å². The van der Waals surface area contributed by atoms with Crippen LogP contribution in [0.2, 0.25) is 0 Å². The van der Waals surface area contributed by atoms with Gasteiger partial charge in [0.1, 0.15) is 0 Å². The van der Waals surface area contributed by atoms with Crippen molar-refractivity contribution in [3.05, 3.63) is 88.2 Å². The number of amides is 1. The Kier molecular flexibility index (Phi) is 5.03. The Labute approximate surface area is 168 Å². The van der Waals surface area contributed by atoms with E-state index < -0.39 is 0 Å². The molecule has 1 N–H and O–H groups in total. The summed E-state index contributed by atoms with van der Waals surface area (Å²) in [4.78, 5) is 24.9. The van der Waals surface area contributed by atoms with Gasteiger partial charge in [0, 0.05) is 36.4 Å². The Bertz CT molecular complexity index is 1220. The minimum atomic E-state index is -0.168. The van der Waals surface area contributed by atoms with Crippen molar-refractivity contribution in [3.8, 4) is 5.69 Å². The highest BCUT2D eigenvalue weighted by Crippen LogP contribution is 2.20. The molecule has 7 heteroatoms. The summed E-state index contributed by atoms with van der Waals surface area (Å²) >= 11 is 0. The standard InChI is InChI=1S/C22H23N5O2/c1-16-15-19(17(2)27(16)18-9-4-3-5-10-18)21(28)23-12-8-14-26-22(29)25-13-7-6-11-20(25)24-26/h3-7,9-11,13,15H,8,12,14H2,1-2H3,(H,23,28).